The molecule has 0 aliphatic rings. The highest BCUT2D eigenvalue weighted by Crippen LogP contribution is 2.28. The van der Waals surface area contributed by atoms with Crippen molar-refractivity contribution >= 4 is 35.5 Å². The highest BCUT2D eigenvalue weighted by Gasteiger charge is 2.17. The van der Waals surface area contributed by atoms with E-state index in [0.717, 1.165) is 11.3 Å². The van der Waals surface area contributed by atoms with Gasteiger partial charge in [0.2, 0.25) is 0 Å². The average Bonchev–Trinajstić information content (AvgIpc) is 3.24. The topological polar surface area (TPSA) is 72.2 Å². The molecule has 0 spiro atoms. The van der Waals surface area contributed by atoms with Crippen LogP contribution in [0, 0.1) is 5.82 Å². The number of thioether (sulfide) groups is 1. The number of amides is 1. The first-order valence-electron chi connectivity index (χ1n) is 9.58. The zero-order chi connectivity index (χ0) is 22.3. The Morgan fingerprint density at radius 2 is 1.75 bits per heavy atom. The number of halogens is 2. The molecule has 0 saturated heterocycles. The Kier molecular flexibility index (Phi) is 6.94. The standard InChI is InChI=1S/C23H17ClFN5OS/c24-18-12-10-16(11-13-18)22-28-29-23(30(22)19-7-2-1-3-8-19)32-15-21(31)27-26-14-17-6-4-5-9-20(17)25/h1-14H,15H2,(H,27,31)/b26-14+. The van der Waals surface area contributed by atoms with Crippen LogP contribution in [-0.2, 0) is 4.79 Å². The molecule has 1 aromatic heterocycles. The summed E-state index contributed by atoms with van der Waals surface area (Å²) in [7, 11) is 0. The summed E-state index contributed by atoms with van der Waals surface area (Å²) in [6.07, 6.45) is 1.27. The lowest BCUT2D eigenvalue weighted by molar-refractivity contribution is -0.118. The summed E-state index contributed by atoms with van der Waals surface area (Å²) in [5, 5.41) is 13.6. The molecule has 3 aromatic carbocycles. The van der Waals surface area contributed by atoms with E-state index in [1.807, 2.05) is 47.0 Å². The summed E-state index contributed by atoms with van der Waals surface area (Å²) in [4.78, 5) is 12.2. The summed E-state index contributed by atoms with van der Waals surface area (Å²) in [5.74, 6) is -0.0719. The second-order valence-corrected chi connectivity index (χ2v) is 7.97. The van der Waals surface area contributed by atoms with Gasteiger partial charge in [0.05, 0.1) is 12.0 Å². The van der Waals surface area contributed by atoms with Crippen LogP contribution in [0.5, 0.6) is 0 Å². The molecule has 6 nitrogen and oxygen atoms in total. The van der Waals surface area contributed by atoms with E-state index in [2.05, 4.69) is 20.7 Å². The van der Waals surface area contributed by atoms with E-state index in [-0.39, 0.29) is 17.2 Å². The number of benzene rings is 3. The molecule has 1 heterocycles. The second-order valence-electron chi connectivity index (χ2n) is 6.59. The zero-order valence-corrected chi connectivity index (χ0v) is 18.2. The first kappa shape index (κ1) is 21.7. The number of carbonyl (C=O) groups is 1. The van der Waals surface area contributed by atoms with Gasteiger partial charge >= 0.3 is 0 Å². The number of nitrogens with zero attached hydrogens (tertiary/aromatic N) is 4. The molecule has 0 saturated carbocycles. The van der Waals surface area contributed by atoms with Gasteiger partial charge in [-0.3, -0.25) is 9.36 Å². The van der Waals surface area contributed by atoms with E-state index < -0.39 is 5.82 Å². The van der Waals surface area contributed by atoms with Crippen molar-refractivity contribution in [2.75, 3.05) is 5.75 Å². The van der Waals surface area contributed by atoms with Crippen molar-refractivity contribution in [3.63, 3.8) is 0 Å². The predicted molar refractivity (Wildman–Crippen MR) is 125 cm³/mol. The van der Waals surface area contributed by atoms with Crippen LogP contribution in [0.2, 0.25) is 5.02 Å². The monoisotopic (exact) mass is 465 g/mol. The van der Waals surface area contributed by atoms with Crippen molar-refractivity contribution in [2.24, 2.45) is 5.10 Å². The maximum atomic E-state index is 13.6. The third kappa shape index (κ3) is 5.22. The Balaban J connectivity index is 1.50. The highest BCUT2D eigenvalue weighted by atomic mass is 35.5. The minimum absolute atomic E-state index is 0.0558. The highest BCUT2D eigenvalue weighted by molar-refractivity contribution is 7.99. The first-order valence-corrected chi connectivity index (χ1v) is 10.9. The normalized spacial score (nSPS) is 11.1. The summed E-state index contributed by atoms with van der Waals surface area (Å²) in [6.45, 7) is 0. The lowest BCUT2D eigenvalue weighted by Gasteiger charge is -2.10. The van der Waals surface area contributed by atoms with Gasteiger partial charge in [0, 0.05) is 21.8 Å². The number of nitrogens with one attached hydrogen (secondary N) is 1. The summed E-state index contributed by atoms with van der Waals surface area (Å²) < 4.78 is 15.5. The molecule has 1 amide bonds. The van der Waals surface area contributed by atoms with E-state index in [0.29, 0.717) is 16.0 Å². The van der Waals surface area contributed by atoms with Crippen LogP contribution in [0.4, 0.5) is 4.39 Å². The molecule has 1 N–H and O–H groups in total. The maximum absolute atomic E-state index is 13.6. The van der Waals surface area contributed by atoms with Crippen LogP contribution in [0.15, 0.2) is 89.1 Å². The molecule has 0 aliphatic carbocycles. The molecule has 4 aromatic rings. The van der Waals surface area contributed by atoms with Gasteiger partial charge in [-0.25, -0.2) is 9.82 Å². The number of carbonyl (C=O) groups excluding carboxylic acids is 1. The summed E-state index contributed by atoms with van der Waals surface area (Å²) in [5.41, 5.74) is 4.40. The van der Waals surface area contributed by atoms with Gasteiger partial charge in [-0.05, 0) is 42.5 Å². The molecule has 0 unspecified atom stereocenters. The van der Waals surface area contributed by atoms with E-state index in [9.17, 15) is 9.18 Å². The van der Waals surface area contributed by atoms with Crippen molar-refractivity contribution in [3.8, 4) is 17.1 Å². The van der Waals surface area contributed by atoms with Crippen molar-refractivity contribution in [2.45, 2.75) is 5.16 Å². The molecule has 160 valence electrons. The Bertz CT molecular complexity index is 1240. The average molecular weight is 466 g/mol. The van der Waals surface area contributed by atoms with Crippen LogP contribution >= 0.6 is 23.4 Å². The molecule has 0 radical (unpaired) electrons. The fourth-order valence-electron chi connectivity index (χ4n) is 2.88. The quantitative estimate of drug-likeness (QED) is 0.237. The molecule has 0 atom stereocenters. The van der Waals surface area contributed by atoms with Gasteiger partial charge in [-0.15, -0.1) is 10.2 Å². The Morgan fingerprint density at radius 1 is 1.03 bits per heavy atom. The number of hydrazone groups is 1. The molecular weight excluding hydrogens is 449 g/mol. The molecule has 0 aliphatic heterocycles. The van der Waals surface area contributed by atoms with Gasteiger partial charge in [0.15, 0.2) is 11.0 Å². The lowest BCUT2D eigenvalue weighted by Crippen LogP contribution is -2.20. The van der Waals surface area contributed by atoms with Gasteiger partial charge < -0.3 is 0 Å². The van der Waals surface area contributed by atoms with Crippen LogP contribution in [-0.4, -0.2) is 32.6 Å². The predicted octanol–water partition coefficient (Wildman–Crippen LogP) is 4.97. The van der Waals surface area contributed by atoms with E-state index in [4.69, 9.17) is 11.6 Å². The summed E-state index contributed by atoms with van der Waals surface area (Å²) >= 11 is 7.23. The van der Waals surface area contributed by atoms with Crippen LogP contribution in [0.3, 0.4) is 0 Å². The second kappa shape index (κ2) is 10.2. The first-order chi connectivity index (χ1) is 15.6. The Morgan fingerprint density at radius 3 is 2.50 bits per heavy atom. The molecule has 0 bridgehead atoms. The Hall–Kier alpha value is -3.49. The number of hydrogen-bond acceptors (Lipinski definition) is 5. The maximum Gasteiger partial charge on any atom is 0.250 e. The van der Waals surface area contributed by atoms with E-state index in [1.165, 1.54) is 24.0 Å². The molecule has 4 rings (SSSR count). The Labute approximate surface area is 193 Å². The lowest BCUT2D eigenvalue weighted by atomic mass is 10.2. The third-order valence-corrected chi connectivity index (χ3v) is 5.56. The number of aromatic nitrogens is 3. The van der Waals surface area contributed by atoms with Crippen LogP contribution in [0.25, 0.3) is 17.1 Å². The van der Waals surface area contributed by atoms with E-state index >= 15 is 0 Å². The molecule has 32 heavy (non-hydrogen) atoms. The van der Waals surface area contributed by atoms with Gasteiger partial charge in [0.1, 0.15) is 5.82 Å². The molecule has 9 heteroatoms. The fraction of sp³-hybridized carbons (Fsp3) is 0.0435. The molecular formula is C23H17ClFN5OS. The number of rotatable bonds is 7. The van der Waals surface area contributed by atoms with Crippen molar-refractivity contribution in [1.29, 1.82) is 0 Å². The number of para-hydroxylation sites is 1. The van der Waals surface area contributed by atoms with Gasteiger partial charge in [0.25, 0.3) is 5.91 Å². The van der Waals surface area contributed by atoms with E-state index in [1.54, 1.807) is 30.3 Å². The fourth-order valence-corrected chi connectivity index (χ4v) is 3.75. The van der Waals surface area contributed by atoms with Gasteiger partial charge in [-0.1, -0.05) is 59.8 Å². The summed E-state index contributed by atoms with van der Waals surface area (Å²) in [6, 6.07) is 23.1. The van der Waals surface area contributed by atoms with Crippen LogP contribution < -0.4 is 5.43 Å². The SMILES string of the molecule is O=C(CSc1nnc(-c2ccc(Cl)cc2)n1-c1ccccc1)N/N=C/c1ccccc1F. The smallest absolute Gasteiger partial charge is 0.250 e. The van der Waals surface area contributed by atoms with Crippen molar-refractivity contribution in [3.05, 3.63) is 95.3 Å². The number of hydrogen-bond donors (Lipinski definition) is 1. The van der Waals surface area contributed by atoms with Crippen LogP contribution in [0.1, 0.15) is 5.56 Å². The minimum atomic E-state index is -0.412. The zero-order valence-electron chi connectivity index (χ0n) is 16.7. The largest absolute Gasteiger partial charge is 0.272 e. The third-order valence-electron chi connectivity index (χ3n) is 4.38. The van der Waals surface area contributed by atoms with Crippen molar-refractivity contribution < 1.29 is 9.18 Å². The minimum Gasteiger partial charge on any atom is -0.272 e. The van der Waals surface area contributed by atoms with Crippen molar-refractivity contribution in [1.82, 2.24) is 20.2 Å². The molecule has 0 fully saturated rings. The van der Waals surface area contributed by atoms with Gasteiger partial charge in [-0.2, -0.15) is 5.10 Å².